The fraction of sp³-hybridized carbons (Fsp3) is 0.933. The highest BCUT2D eigenvalue weighted by Crippen LogP contribution is 2.23. The minimum Gasteiger partial charge on any atom is -0.387 e. The lowest BCUT2D eigenvalue weighted by molar-refractivity contribution is 0.131. The predicted molar refractivity (Wildman–Crippen MR) is 82.7 cm³/mol. The normalized spacial score (nSPS) is 21.8. The maximum atomic E-state index is 7.56. The molecule has 0 radical (unpaired) electrons. The largest absolute Gasteiger partial charge is 0.387 e. The summed E-state index contributed by atoms with van der Waals surface area (Å²) in [6.45, 7) is 7.79. The molecular weight excluding hydrogens is 236 g/mol. The van der Waals surface area contributed by atoms with Crippen LogP contribution in [0.5, 0.6) is 0 Å². The van der Waals surface area contributed by atoms with Crippen molar-refractivity contribution in [3.8, 4) is 0 Å². The van der Waals surface area contributed by atoms with Gasteiger partial charge in [0.1, 0.15) is 0 Å². The van der Waals surface area contributed by atoms with E-state index in [1.807, 2.05) is 0 Å². The SMILES string of the molecule is CN(C)C1CCCN(CCCCC(C)(C)C(=N)N)C1. The Balaban J connectivity index is 2.21. The lowest BCUT2D eigenvalue weighted by Gasteiger charge is -2.36. The summed E-state index contributed by atoms with van der Waals surface area (Å²) in [5.41, 5.74) is 5.48. The first-order chi connectivity index (χ1) is 8.83. The average Bonchev–Trinajstić information content (AvgIpc) is 2.35. The first kappa shape index (κ1) is 16.4. The average molecular weight is 268 g/mol. The number of unbranched alkanes of at least 4 members (excludes halogenated alkanes) is 1. The van der Waals surface area contributed by atoms with Gasteiger partial charge in [-0.2, -0.15) is 0 Å². The van der Waals surface area contributed by atoms with Crippen molar-refractivity contribution in [3.05, 3.63) is 0 Å². The number of rotatable bonds is 7. The van der Waals surface area contributed by atoms with Crippen molar-refractivity contribution in [3.63, 3.8) is 0 Å². The zero-order chi connectivity index (χ0) is 14.5. The van der Waals surface area contributed by atoms with E-state index in [-0.39, 0.29) is 5.41 Å². The number of hydrogen-bond acceptors (Lipinski definition) is 3. The van der Waals surface area contributed by atoms with Gasteiger partial charge in [-0.1, -0.05) is 20.3 Å². The van der Waals surface area contributed by atoms with E-state index in [2.05, 4.69) is 37.7 Å². The standard InChI is InChI=1S/C15H32N4/c1-15(2,14(16)17)9-5-6-10-19-11-7-8-13(12-19)18(3)4/h13H,5-12H2,1-4H3,(H3,16,17). The molecule has 0 spiro atoms. The molecule has 1 atom stereocenters. The van der Waals surface area contributed by atoms with Crippen molar-refractivity contribution in [1.82, 2.24) is 9.80 Å². The summed E-state index contributed by atoms with van der Waals surface area (Å²) >= 11 is 0. The van der Waals surface area contributed by atoms with Gasteiger partial charge in [0.05, 0.1) is 5.84 Å². The molecule has 1 saturated heterocycles. The van der Waals surface area contributed by atoms with Gasteiger partial charge >= 0.3 is 0 Å². The highest BCUT2D eigenvalue weighted by Gasteiger charge is 2.22. The molecule has 0 amide bonds. The van der Waals surface area contributed by atoms with Gasteiger partial charge in [0.15, 0.2) is 0 Å². The number of piperidine rings is 1. The summed E-state index contributed by atoms with van der Waals surface area (Å²) in [6, 6.07) is 0.724. The molecule has 3 N–H and O–H groups in total. The predicted octanol–water partition coefficient (Wildman–Crippen LogP) is 2.14. The number of nitrogens with one attached hydrogen (secondary N) is 1. The zero-order valence-corrected chi connectivity index (χ0v) is 13.2. The van der Waals surface area contributed by atoms with Gasteiger partial charge in [0.25, 0.3) is 0 Å². The molecular formula is C15H32N4. The Kier molecular flexibility index (Phi) is 6.27. The molecule has 4 heteroatoms. The summed E-state index contributed by atoms with van der Waals surface area (Å²) in [7, 11) is 4.37. The van der Waals surface area contributed by atoms with Gasteiger partial charge in [0.2, 0.25) is 0 Å². The molecule has 0 aromatic heterocycles. The Morgan fingerprint density at radius 3 is 2.63 bits per heavy atom. The molecule has 1 heterocycles. The van der Waals surface area contributed by atoms with Crippen LogP contribution in [-0.2, 0) is 0 Å². The quantitative estimate of drug-likeness (QED) is 0.422. The molecule has 0 aromatic carbocycles. The molecule has 0 aliphatic carbocycles. The Hall–Kier alpha value is -0.610. The highest BCUT2D eigenvalue weighted by molar-refractivity contribution is 5.82. The third-order valence-corrected chi connectivity index (χ3v) is 4.47. The van der Waals surface area contributed by atoms with Crippen LogP contribution in [0.1, 0.15) is 46.0 Å². The molecule has 0 aromatic rings. The number of amidine groups is 1. The van der Waals surface area contributed by atoms with Crippen LogP contribution in [0.4, 0.5) is 0 Å². The second-order valence-corrected chi connectivity index (χ2v) is 6.81. The molecule has 1 rings (SSSR count). The minimum atomic E-state index is -0.131. The molecule has 1 unspecified atom stereocenters. The second-order valence-electron chi connectivity index (χ2n) is 6.81. The first-order valence-corrected chi connectivity index (χ1v) is 7.56. The fourth-order valence-corrected chi connectivity index (χ4v) is 2.69. The lowest BCUT2D eigenvalue weighted by atomic mass is 9.86. The number of nitrogens with two attached hydrogens (primary N) is 1. The Labute approximate surface area is 118 Å². The fourth-order valence-electron chi connectivity index (χ4n) is 2.69. The van der Waals surface area contributed by atoms with Crippen LogP contribution in [0, 0.1) is 10.8 Å². The third kappa shape index (κ3) is 5.49. The van der Waals surface area contributed by atoms with Crippen molar-refractivity contribution >= 4 is 5.84 Å². The van der Waals surface area contributed by atoms with Crippen molar-refractivity contribution in [1.29, 1.82) is 5.41 Å². The molecule has 19 heavy (non-hydrogen) atoms. The van der Waals surface area contributed by atoms with E-state index in [1.54, 1.807) is 0 Å². The number of likely N-dealkylation sites (N-methyl/N-ethyl adjacent to an activating group) is 1. The molecule has 1 fully saturated rings. The van der Waals surface area contributed by atoms with Crippen LogP contribution in [0.3, 0.4) is 0 Å². The van der Waals surface area contributed by atoms with E-state index in [4.69, 9.17) is 11.1 Å². The van der Waals surface area contributed by atoms with Crippen LogP contribution >= 0.6 is 0 Å². The van der Waals surface area contributed by atoms with Crippen LogP contribution in [0.2, 0.25) is 0 Å². The molecule has 0 saturated carbocycles. The van der Waals surface area contributed by atoms with Gasteiger partial charge in [0, 0.05) is 18.0 Å². The second kappa shape index (κ2) is 7.25. The van der Waals surface area contributed by atoms with E-state index >= 15 is 0 Å². The van der Waals surface area contributed by atoms with Gasteiger partial charge in [-0.05, 0) is 52.9 Å². The van der Waals surface area contributed by atoms with Crippen LogP contribution in [-0.4, -0.2) is 55.4 Å². The summed E-state index contributed by atoms with van der Waals surface area (Å²) in [4.78, 5) is 4.94. The monoisotopic (exact) mass is 268 g/mol. The summed E-state index contributed by atoms with van der Waals surface area (Å²) in [6.07, 6.45) is 6.06. The smallest absolute Gasteiger partial charge is 0.0963 e. The molecule has 112 valence electrons. The van der Waals surface area contributed by atoms with E-state index in [9.17, 15) is 0 Å². The third-order valence-electron chi connectivity index (χ3n) is 4.47. The first-order valence-electron chi connectivity index (χ1n) is 7.56. The van der Waals surface area contributed by atoms with Crippen LogP contribution in [0.15, 0.2) is 0 Å². The van der Waals surface area contributed by atoms with Gasteiger partial charge in [-0.25, -0.2) is 0 Å². The Morgan fingerprint density at radius 1 is 1.37 bits per heavy atom. The summed E-state index contributed by atoms with van der Waals surface area (Å²) < 4.78 is 0. The maximum absolute atomic E-state index is 7.56. The van der Waals surface area contributed by atoms with Crippen molar-refractivity contribution in [2.24, 2.45) is 11.1 Å². The van der Waals surface area contributed by atoms with Crippen molar-refractivity contribution < 1.29 is 0 Å². The van der Waals surface area contributed by atoms with Crippen LogP contribution in [0.25, 0.3) is 0 Å². The summed E-state index contributed by atoms with van der Waals surface area (Å²) in [5, 5.41) is 7.56. The van der Waals surface area contributed by atoms with Crippen LogP contribution < -0.4 is 5.73 Å². The molecule has 1 aliphatic heterocycles. The topological polar surface area (TPSA) is 56.4 Å². The molecule has 4 nitrogen and oxygen atoms in total. The van der Waals surface area contributed by atoms with E-state index < -0.39 is 0 Å². The Morgan fingerprint density at radius 2 is 2.05 bits per heavy atom. The van der Waals surface area contributed by atoms with Gasteiger partial charge in [-0.3, -0.25) is 5.41 Å². The molecule has 1 aliphatic rings. The lowest BCUT2D eigenvalue weighted by Crippen LogP contribution is -2.45. The number of likely N-dealkylation sites (tertiary alicyclic amines) is 1. The highest BCUT2D eigenvalue weighted by atomic mass is 15.2. The summed E-state index contributed by atoms with van der Waals surface area (Å²) in [5.74, 6) is 0.318. The van der Waals surface area contributed by atoms with Crippen molar-refractivity contribution in [2.75, 3.05) is 33.7 Å². The van der Waals surface area contributed by atoms with E-state index in [0.29, 0.717) is 5.84 Å². The maximum Gasteiger partial charge on any atom is 0.0963 e. The zero-order valence-electron chi connectivity index (χ0n) is 13.2. The van der Waals surface area contributed by atoms with Crippen molar-refractivity contribution in [2.45, 2.75) is 52.0 Å². The van der Waals surface area contributed by atoms with E-state index in [1.165, 1.54) is 38.9 Å². The van der Waals surface area contributed by atoms with E-state index in [0.717, 1.165) is 18.9 Å². The number of nitrogens with zero attached hydrogens (tertiary/aromatic N) is 2. The molecule has 0 bridgehead atoms. The Bertz CT molecular complexity index is 286. The minimum absolute atomic E-state index is 0.131. The number of hydrogen-bond donors (Lipinski definition) is 2. The van der Waals surface area contributed by atoms with Gasteiger partial charge < -0.3 is 15.5 Å². The van der Waals surface area contributed by atoms with Gasteiger partial charge in [-0.15, -0.1) is 0 Å².